The fourth-order valence-corrected chi connectivity index (χ4v) is 2.40. The van der Waals surface area contributed by atoms with E-state index >= 15 is 0 Å². The van der Waals surface area contributed by atoms with Gasteiger partial charge in [-0.2, -0.15) is 0 Å². The maximum absolute atomic E-state index is 10.6. The van der Waals surface area contributed by atoms with Gasteiger partial charge in [-0.1, -0.05) is 6.42 Å². The van der Waals surface area contributed by atoms with Crippen LogP contribution < -0.4 is 5.32 Å². The van der Waals surface area contributed by atoms with Crippen LogP contribution in [0.25, 0.3) is 0 Å². The van der Waals surface area contributed by atoms with Crippen LogP contribution in [0.1, 0.15) is 29.8 Å². The number of carboxylic acid groups (broad SMARTS) is 1. The van der Waals surface area contributed by atoms with Crippen LogP contribution in [-0.2, 0) is 0 Å². The third-order valence-corrected chi connectivity index (χ3v) is 3.41. The zero-order valence-corrected chi connectivity index (χ0v) is 9.56. The van der Waals surface area contributed by atoms with E-state index in [2.05, 4.69) is 5.32 Å². The number of aromatic carboxylic acids is 1. The predicted octanol–water partition coefficient (Wildman–Crippen LogP) is 1.80. The van der Waals surface area contributed by atoms with E-state index in [1.165, 1.54) is 6.07 Å². The fraction of sp³-hybridized carbons (Fsp3) is 0.583. The highest BCUT2D eigenvalue weighted by atomic mass is 16.4. The van der Waals surface area contributed by atoms with E-state index in [0.29, 0.717) is 17.7 Å². The molecule has 94 valence electrons. The first-order chi connectivity index (χ1) is 8.20. The van der Waals surface area contributed by atoms with E-state index in [9.17, 15) is 9.90 Å². The molecule has 5 nitrogen and oxygen atoms in total. The molecule has 1 heterocycles. The highest BCUT2D eigenvalue weighted by Crippen LogP contribution is 2.31. The summed E-state index contributed by atoms with van der Waals surface area (Å²) in [4.78, 5) is 10.6. The van der Waals surface area contributed by atoms with E-state index in [-0.39, 0.29) is 12.4 Å². The van der Waals surface area contributed by atoms with Gasteiger partial charge in [0.05, 0.1) is 0 Å². The molecule has 0 radical (unpaired) electrons. The lowest BCUT2D eigenvalue weighted by molar-refractivity contribution is 0.0663. The molecule has 2 rings (SSSR count). The average Bonchev–Trinajstić information content (AvgIpc) is 2.95. The van der Waals surface area contributed by atoms with Gasteiger partial charge >= 0.3 is 5.97 Å². The fourth-order valence-electron chi connectivity index (χ4n) is 2.40. The van der Waals surface area contributed by atoms with E-state index in [1.807, 2.05) is 0 Å². The molecule has 5 heteroatoms. The highest BCUT2D eigenvalue weighted by Gasteiger charge is 2.26. The van der Waals surface area contributed by atoms with Gasteiger partial charge in [0, 0.05) is 19.2 Å². The summed E-state index contributed by atoms with van der Waals surface area (Å²) in [6.07, 6.45) is 3.32. The molecule has 0 aromatic carbocycles. The van der Waals surface area contributed by atoms with Crippen LogP contribution in [0.15, 0.2) is 16.5 Å². The molecule has 1 saturated carbocycles. The molecular weight excluding hydrogens is 222 g/mol. The van der Waals surface area contributed by atoms with Gasteiger partial charge in [-0.25, -0.2) is 4.79 Å². The van der Waals surface area contributed by atoms with Crippen molar-refractivity contribution in [3.8, 4) is 0 Å². The molecule has 0 amide bonds. The van der Waals surface area contributed by atoms with Crippen molar-refractivity contribution < 1.29 is 19.4 Å². The predicted molar refractivity (Wildman–Crippen MR) is 62.1 cm³/mol. The van der Waals surface area contributed by atoms with E-state index in [4.69, 9.17) is 9.52 Å². The third kappa shape index (κ3) is 2.79. The monoisotopic (exact) mass is 239 g/mol. The van der Waals surface area contributed by atoms with Crippen LogP contribution >= 0.6 is 0 Å². The quantitative estimate of drug-likeness (QED) is 0.729. The number of aliphatic hydroxyl groups excluding tert-OH is 1. The maximum atomic E-state index is 10.6. The molecular formula is C12H17NO4. The Bertz CT molecular complexity index is 388. The van der Waals surface area contributed by atoms with Crippen LogP contribution in [0.4, 0.5) is 5.88 Å². The standard InChI is InChI=1S/C12H17NO4/c14-7-9-3-1-2-8(9)6-13-11-5-4-10(17-11)12(15)16/h4-5,8-9,13-14H,1-3,6-7H2,(H,15,16). The Morgan fingerprint density at radius 2 is 2.18 bits per heavy atom. The minimum atomic E-state index is -1.06. The van der Waals surface area contributed by atoms with Gasteiger partial charge in [0.25, 0.3) is 0 Å². The number of carbonyl (C=O) groups is 1. The van der Waals surface area contributed by atoms with Crippen molar-refractivity contribution in [1.82, 2.24) is 0 Å². The number of nitrogens with one attached hydrogen (secondary N) is 1. The first-order valence-corrected chi connectivity index (χ1v) is 5.88. The number of rotatable bonds is 5. The zero-order valence-electron chi connectivity index (χ0n) is 9.56. The Morgan fingerprint density at radius 1 is 1.41 bits per heavy atom. The Morgan fingerprint density at radius 3 is 2.82 bits per heavy atom. The lowest BCUT2D eigenvalue weighted by atomic mass is 9.97. The second kappa shape index (κ2) is 5.23. The molecule has 0 spiro atoms. The third-order valence-electron chi connectivity index (χ3n) is 3.41. The molecule has 2 unspecified atom stereocenters. The van der Waals surface area contributed by atoms with Gasteiger partial charge in [0.1, 0.15) is 0 Å². The van der Waals surface area contributed by atoms with Gasteiger partial charge in [-0.05, 0) is 30.7 Å². The van der Waals surface area contributed by atoms with Gasteiger partial charge < -0.3 is 19.9 Å². The second-order valence-corrected chi connectivity index (χ2v) is 4.48. The normalized spacial score (nSPS) is 23.8. The van der Waals surface area contributed by atoms with Crippen LogP contribution in [0.2, 0.25) is 0 Å². The zero-order chi connectivity index (χ0) is 12.3. The number of anilines is 1. The second-order valence-electron chi connectivity index (χ2n) is 4.48. The van der Waals surface area contributed by atoms with Gasteiger partial charge in [0.15, 0.2) is 5.88 Å². The lowest BCUT2D eigenvalue weighted by Crippen LogP contribution is -2.20. The van der Waals surface area contributed by atoms with Crippen LogP contribution in [0.5, 0.6) is 0 Å². The molecule has 1 aliphatic rings. The summed E-state index contributed by atoms with van der Waals surface area (Å²) in [5, 5.41) is 21.0. The van der Waals surface area contributed by atoms with Gasteiger partial charge in [0.2, 0.25) is 5.76 Å². The van der Waals surface area contributed by atoms with Crippen molar-refractivity contribution in [2.24, 2.45) is 11.8 Å². The lowest BCUT2D eigenvalue weighted by Gasteiger charge is -2.17. The topological polar surface area (TPSA) is 82.7 Å². The Hall–Kier alpha value is -1.49. The summed E-state index contributed by atoms with van der Waals surface area (Å²) in [6.45, 7) is 0.947. The Labute approximate surface area is 99.4 Å². The minimum Gasteiger partial charge on any atom is -0.475 e. The SMILES string of the molecule is O=C(O)c1ccc(NCC2CCCC2CO)o1. The molecule has 1 fully saturated rings. The van der Waals surface area contributed by atoms with Crippen molar-refractivity contribution in [1.29, 1.82) is 0 Å². The summed E-state index contributed by atoms with van der Waals surface area (Å²) in [5.74, 6) is 0.158. The largest absolute Gasteiger partial charge is 0.475 e. The molecule has 2 atom stereocenters. The summed E-state index contributed by atoms with van der Waals surface area (Å²) in [6, 6.07) is 3.05. The maximum Gasteiger partial charge on any atom is 0.371 e. The first-order valence-electron chi connectivity index (χ1n) is 5.88. The number of aliphatic hydroxyl groups is 1. The van der Waals surface area contributed by atoms with Gasteiger partial charge in [-0.3, -0.25) is 0 Å². The molecule has 1 aromatic heterocycles. The number of carboxylic acids is 1. The molecule has 3 N–H and O–H groups in total. The van der Waals surface area contributed by atoms with E-state index in [1.54, 1.807) is 6.07 Å². The van der Waals surface area contributed by atoms with Crippen LogP contribution in [0, 0.1) is 11.8 Å². The highest BCUT2D eigenvalue weighted by molar-refractivity contribution is 5.84. The average molecular weight is 239 g/mol. The minimum absolute atomic E-state index is 0.0577. The molecule has 0 saturated heterocycles. The van der Waals surface area contributed by atoms with Crippen molar-refractivity contribution in [2.75, 3.05) is 18.5 Å². The summed E-state index contributed by atoms with van der Waals surface area (Å²) >= 11 is 0. The van der Waals surface area contributed by atoms with Crippen LogP contribution in [-0.4, -0.2) is 29.3 Å². The van der Waals surface area contributed by atoms with Crippen LogP contribution in [0.3, 0.4) is 0 Å². The van der Waals surface area contributed by atoms with Crippen molar-refractivity contribution in [2.45, 2.75) is 19.3 Å². The summed E-state index contributed by atoms with van der Waals surface area (Å²) < 4.78 is 5.10. The van der Waals surface area contributed by atoms with E-state index in [0.717, 1.165) is 25.8 Å². The number of hydrogen-bond donors (Lipinski definition) is 3. The smallest absolute Gasteiger partial charge is 0.371 e. The molecule has 0 bridgehead atoms. The molecule has 17 heavy (non-hydrogen) atoms. The van der Waals surface area contributed by atoms with Crippen molar-refractivity contribution in [3.05, 3.63) is 17.9 Å². The summed E-state index contributed by atoms with van der Waals surface area (Å²) in [7, 11) is 0. The molecule has 0 aliphatic heterocycles. The van der Waals surface area contributed by atoms with Crippen molar-refractivity contribution >= 4 is 11.9 Å². The number of furan rings is 1. The summed E-state index contributed by atoms with van der Waals surface area (Å²) in [5.41, 5.74) is 0. The molecule has 1 aliphatic carbocycles. The Balaban J connectivity index is 1.86. The first kappa shape index (κ1) is 12.0. The number of hydrogen-bond acceptors (Lipinski definition) is 4. The van der Waals surface area contributed by atoms with E-state index < -0.39 is 5.97 Å². The Kier molecular flexibility index (Phi) is 3.68. The van der Waals surface area contributed by atoms with Gasteiger partial charge in [-0.15, -0.1) is 0 Å². The molecule has 1 aromatic rings. The van der Waals surface area contributed by atoms with Crippen molar-refractivity contribution in [3.63, 3.8) is 0 Å².